The zero-order valence-electron chi connectivity index (χ0n) is 4.69. The zero-order chi connectivity index (χ0) is 5.41. The van der Waals surface area contributed by atoms with Crippen LogP contribution in [0.4, 0.5) is 0 Å². The second-order valence-corrected chi connectivity index (χ2v) is 1.77. The van der Waals surface area contributed by atoms with Gasteiger partial charge in [0.05, 0.1) is 0 Å². The Morgan fingerprint density at radius 2 is 1.67 bits per heavy atom. The van der Waals surface area contributed by atoms with E-state index in [1.54, 1.807) is 19.4 Å². The molecule has 0 amide bonds. The summed E-state index contributed by atoms with van der Waals surface area (Å²) < 4.78 is 2.21. The first-order valence-electron chi connectivity index (χ1n) is 2.35. The molecule has 0 radical (unpaired) electrons. The van der Waals surface area contributed by atoms with E-state index in [2.05, 4.69) is 11.3 Å². The van der Waals surface area contributed by atoms with E-state index in [1.165, 1.54) is 6.42 Å². The maximum absolute atomic E-state index is 2.21. The SMILES string of the molecule is CC.CC[CH]=[W]. The molecule has 0 nitrogen and oxygen atoms in total. The molecule has 0 bridgehead atoms. The third kappa shape index (κ3) is 23.8. The van der Waals surface area contributed by atoms with Crippen molar-refractivity contribution in [3.8, 4) is 0 Å². The summed E-state index contributed by atoms with van der Waals surface area (Å²) in [5.41, 5.74) is 0. The summed E-state index contributed by atoms with van der Waals surface area (Å²) in [7, 11) is 0. The predicted molar refractivity (Wildman–Crippen MR) is 27.7 cm³/mol. The molecule has 0 aromatic carbocycles. The average molecular weight is 256 g/mol. The molecule has 0 heterocycles. The van der Waals surface area contributed by atoms with E-state index in [0.717, 1.165) is 0 Å². The van der Waals surface area contributed by atoms with Gasteiger partial charge in [-0.2, -0.15) is 0 Å². The van der Waals surface area contributed by atoms with Crippen molar-refractivity contribution in [1.29, 1.82) is 0 Å². The van der Waals surface area contributed by atoms with Gasteiger partial charge in [-0.15, -0.1) is 0 Å². The minimum absolute atomic E-state index is 1.23. The van der Waals surface area contributed by atoms with E-state index in [-0.39, 0.29) is 0 Å². The van der Waals surface area contributed by atoms with Crippen LogP contribution in [0.25, 0.3) is 0 Å². The summed E-state index contributed by atoms with van der Waals surface area (Å²) >= 11 is 1.58. The van der Waals surface area contributed by atoms with Crippen LogP contribution >= 0.6 is 0 Å². The van der Waals surface area contributed by atoms with E-state index in [4.69, 9.17) is 0 Å². The Morgan fingerprint density at radius 1 is 1.50 bits per heavy atom. The van der Waals surface area contributed by atoms with Gasteiger partial charge in [-0.25, -0.2) is 0 Å². The van der Waals surface area contributed by atoms with Gasteiger partial charge in [-0.1, -0.05) is 13.8 Å². The fourth-order valence-electron chi connectivity index (χ4n) is 0. The first kappa shape index (κ1) is 9.75. The van der Waals surface area contributed by atoms with Crippen molar-refractivity contribution in [2.24, 2.45) is 0 Å². The normalized spacial score (nSPS) is 5.17. The molecule has 0 aliphatic carbocycles. The molecule has 0 atom stereocenters. The van der Waals surface area contributed by atoms with Gasteiger partial charge in [0.25, 0.3) is 0 Å². The van der Waals surface area contributed by atoms with Crippen LogP contribution in [0.1, 0.15) is 27.2 Å². The summed E-state index contributed by atoms with van der Waals surface area (Å²) in [5.74, 6) is 0. The van der Waals surface area contributed by atoms with Gasteiger partial charge in [0.15, 0.2) is 0 Å². The molecule has 0 spiro atoms. The zero-order valence-corrected chi connectivity index (χ0v) is 7.63. The first-order chi connectivity index (χ1) is 2.91. The van der Waals surface area contributed by atoms with Gasteiger partial charge >= 0.3 is 37.1 Å². The Labute approximate surface area is 51.4 Å². The second-order valence-electron chi connectivity index (χ2n) is 0.575. The summed E-state index contributed by atoms with van der Waals surface area (Å²) in [6, 6.07) is 0. The van der Waals surface area contributed by atoms with Crippen molar-refractivity contribution in [3.63, 3.8) is 0 Å². The predicted octanol–water partition coefficient (Wildman–Crippen LogP) is 1.77. The van der Waals surface area contributed by atoms with Crippen LogP contribution in [0, 0.1) is 0 Å². The van der Waals surface area contributed by atoms with Gasteiger partial charge in [0.2, 0.25) is 0 Å². The molecule has 0 saturated carbocycles. The van der Waals surface area contributed by atoms with Gasteiger partial charge in [0.1, 0.15) is 0 Å². The minimum atomic E-state index is 1.23. The third-order valence-corrected chi connectivity index (χ3v) is 1.36. The van der Waals surface area contributed by atoms with Crippen molar-refractivity contribution < 1.29 is 19.4 Å². The summed E-state index contributed by atoms with van der Waals surface area (Å²) in [6.45, 7) is 6.15. The van der Waals surface area contributed by atoms with Crippen molar-refractivity contribution in [2.75, 3.05) is 0 Å². The Kier molecular flexibility index (Phi) is 28.7. The van der Waals surface area contributed by atoms with E-state index in [9.17, 15) is 0 Å². The van der Waals surface area contributed by atoms with Crippen molar-refractivity contribution in [3.05, 3.63) is 0 Å². The average Bonchev–Trinajstić information content (AvgIpc) is 1.72. The molecular weight excluding hydrogens is 244 g/mol. The molecule has 0 unspecified atom stereocenters. The molecule has 1 heteroatoms. The molecule has 6 heavy (non-hydrogen) atoms. The number of rotatable bonds is 1. The summed E-state index contributed by atoms with van der Waals surface area (Å²) in [5, 5.41) is 0. The maximum atomic E-state index is 2.21. The molecule has 0 saturated heterocycles. The fraction of sp³-hybridized carbons (Fsp3) is 0.800. The molecule has 0 aliphatic heterocycles. The van der Waals surface area contributed by atoms with E-state index in [1.807, 2.05) is 13.8 Å². The van der Waals surface area contributed by atoms with Crippen LogP contribution in [-0.4, -0.2) is 4.40 Å². The summed E-state index contributed by atoms with van der Waals surface area (Å²) in [4.78, 5) is 0. The Bertz CT molecular complexity index is 17.9. The quantitative estimate of drug-likeness (QED) is 0.670. The first-order valence-corrected chi connectivity index (χ1v) is 4.04. The second kappa shape index (κ2) is 17.6. The van der Waals surface area contributed by atoms with Crippen molar-refractivity contribution >= 4 is 4.40 Å². The van der Waals surface area contributed by atoms with Crippen LogP contribution in [0.5, 0.6) is 0 Å². The van der Waals surface area contributed by atoms with Gasteiger partial charge in [-0.05, 0) is 0 Å². The third-order valence-electron chi connectivity index (χ3n) is 0.167. The van der Waals surface area contributed by atoms with Crippen LogP contribution in [0.3, 0.4) is 0 Å². The van der Waals surface area contributed by atoms with Crippen LogP contribution in [-0.2, 0) is 19.4 Å². The Hall–Kier alpha value is 0.558. The molecule has 38 valence electrons. The monoisotopic (exact) mass is 256 g/mol. The van der Waals surface area contributed by atoms with Gasteiger partial charge < -0.3 is 0 Å². The van der Waals surface area contributed by atoms with Crippen LogP contribution in [0.15, 0.2) is 0 Å². The summed E-state index contributed by atoms with van der Waals surface area (Å²) in [6.07, 6.45) is 1.23. The molecule has 0 aliphatic rings. The Morgan fingerprint density at radius 3 is 1.67 bits per heavy atom. The number of hydrogen-bond acceptors (Lipinski definition) is 0. The van der Waals surface area contributed by atoms with Crippen LogP contribution in [0.2, 0.25) is 0 Å². The fourth-order valence-corrected chi connectivity index (χ4v) is 0. The number of hydrogen-bond donors (Lipinski definition) is 0. The standard InChI is InChI=1S/C3H6.C2H6.W/c1-3-2;1-2;/h1H,3H2,2H3;1-2H3;. The molecule has 0 rings (SSSR count). The topological polar surface area (TPSA) is 0 Å². The van der Waals surface area contributed by atoms with Crippen molar-refractivity contribution in [2.45, 2.75) is 27.2 Å². The van der Waals surface area contributed by atoms with Gasteiger partial charge in [0, 0.05) is 0 Å². The van der Waals surface area contributed by atoms with E-state index < -0.39 is 0 Å². The van der Waals surface area contributed by atoms with Crippen LogP contribution < -0.4 is 0 Å². The van der Waals surface area contributed by atoms with Crippen molar-refractivity contribution in [1.82, 2.24) is 0 Å². The van der Waals surface area contributed by atoms with E-state index >= 15 is 0 Å². The molecular formula is C5H12W. The van der Waals surface area contributed by atoms with E-state index in [0.29, 0.717) is 0 Å². The molecule has 0 aromatic rings. The molecule has 0 N–H and O–H groups in total. The molecule has 0 aromatic heterocycles. The Balaban J connectivity index is 0. The van der Waals surface area contributed by atoms with Gasteiger partial charge in [-0.3, -0.25) is 0 Å². The molecule has 0 fully saturated rings.